The summed E-state index contributed by atoms with van der Waals surface area (Å²) in [5.74, 6) is -2.44. The molecule has 0 aliphatic heterocycles. The molecule has 0 heterocycles. The number of nitrogens with zero attached hydrogens (tertiary/aromatic N) is 3. The first-order valence-electron chi connectivity index (χ1n) is 7.83. The van der Waals surface area contributed by atoms with Crippen molar-refractivity contribution < 1.29 is 19.8 Å². The molecule has 0 radical (unpaired) electrons. The molecule has 25 heavy (non-hydrogen) atoms. The minimum atomic E-state index is -1.22. The molecule has 0 saturated heterocycles. The van der Waals surface area contributed by atoms with Crippen LogP contribution in [0.15, 0.2) is 52.7 Å². The van der Waals surface area contributed by atoms with Gasteiger partial charge in [-0.05, 0) is 56.3 Å². The Morgan fingerprint density at radius 3 is 1.76 bits per heavy atom. The Labute approximate surface area is 145 Å². The molecule has 2 aromatic rings. The zero-order valence-corrected chi connectivity index (χ0v) is 14.0. The summed E-state index contributed by atoms with van der Waals surface area (Å²) in [7, 11) is 0. The van der Waals surface area contributed by atoms with Crippen molar-refractivity contribution >= 4 is 29.0 Å². The summed E-state index contributed by atoms with van der Waals surface area (Å²) in [5, 5.41) is 26.1. The maximum Gasteiger partial charge on any atom is 0.335 e. The zero-order chi connectivity index (χ0) is 18.4. The molecule has 0 atom stereocenters. The molecule has 0 aromatic heterocycles. The van der Waals surface area contributed by atoms with Crippen molar-refractivity contribution in [2.24, 2.45) is 10.2 Å². The van der Waals surface area contributed by atoms with Gasteiger partial charge in [-0.1, -0.05) is 0 Å². The van der Waals surface area contributed by atoms with Gasteiger partial charge in [0.25, 0.3) is 0 Å². The van der Waals surface area contributed by atoms with Gasteiger partial charge in [0.1, 0.15) is 0 Å². The fourth-order valence-electron chi connectivity index (χ4n) is 2.35. The molecule has 0 aliphatic carbocycles. The van der Waals surface area contributed by atoms with E-state index in [1.807, 2.05) is 12.1 Å². The summed E-state index contributed by atoms with van der Waals surface area (Å²) in [6, 6.07) is 11.1. The van der Waals surface area contributed by atoms with E-state index in [9.17, 15) is 9.59 Å². The van der Waals surface area contributed by atoms with Gasteiger partial charge >= 0.3 is 11.9 Å². The van der Waals surface area contributed by atoms with Crippen LogP contribution < -0.4 is 4.90 Å². The van der Waals surface area contributed by atoms with Gasteiger partial charge < -0.3 is 15.1 Å². The number of carboxylic acids is 2. The summed E-state index contributed by atoms with van der Waals surface area (Å²) in [5.41, 5.74) is 1.54. The standard InChI is InChI=1S/C18H19N3O4/c1-3-21(4-2)16-7-5-14(6-8-16)19-20-15-10-12(17(22)23)9-13(11-15)18(24)25/h5-11H,3-4H2,1-2H3,(H,22,23)(H,24,25). The van der Waals surface area contributed by atoms with Gasteiger partial charge in [0, 0.05) is 18.8 Å². The molecule has 2 N–H and O–H groups in total. The van der Waals surface area contributed by atoms with Crippen LogP contribution in [0.25, 0.3) is 0 Å². The van der Waals surface area contributed by atoms with Crippen LogP contribution in [0.2, 0.25) is 0 Å². The molecule has 0 saturated carbocycles. The van der Waals surface area contributed by atoms with E-state index in [2.05, 4.69) is 29.0 Å². The summed E-state index contributed by atoms with van der Waals surface area (Å²) < 4.78 is 0. The maximum atomic E-state index is 11.1. The lowest BCUT2D eigenvalue weighted by atomic mass is 10.1. The Kier molecular flexibility index (Phi) is 5.84. The van der Waals surface area contributed by atoms with Crippen molar-refractivity contribution in [3.05, 3.63) is 53.6 Å². The van der Waals surface area contributed by atoms with Crippen LogP contribution in [0.3, 0.4) is 0 Å². The molecule has 0 fully saturated rings. The first kappa shape index (κ1) is 18.1. The second-order valence-corrected chi connectivity index (χ2v) is 5.27. The van der Waals surface area contributed by atoms with Crippen molar-refractivity contribution in [3.8, 4) is 0 Å². The minimum Gasteiger partial charge on any atom is -0.478 e. The van der Waals surface area contributed by atoms with Crippen molar-refractivity contribution in [1.82, 2.24) is 0 Å². The Bertz CT molecular complexity index is 764. The van der Waals surface area contributed by atoms with Gasteiger partial charge in [-0.3, -0.25) is 0 Å². The number of hydrogen-bond donors (Lipinski definition) is 2. The van der Waals surface area contributed by atoms with Crippen molar-refractivity contribution in [1.29, 1.82) is 0 Å². The molecule has 0 amide bonds. The van der Waals surface area contributed by atoms with Crippen LogP contribution in [0.4, 0.5) is 17.1 Å². The SMILES string of the molecule is CCN(CC)c1ccc(N=Nc2cc(C(=O)O)cc(C(=O)O)c2)cc1. The van der Waals surface area contributed by atoms with E-state index in [0.717, 1.165) is 24.8 Å². The Balaban J connectivity index is 2.26. The van der Waals surface area contributed by atoms with E-state index in [-0.39, 0.29) is 16.8 Å². The number of hydrogen-bond acceptors (Lipinski definition) is 5. The van der Waals surface area contributed by atoms with E-state index >= 15 is 0 Å². The zero-order valence-electron chi connectivity index (χ0n) is 14.0. The number of azo groups is 1. The van der Waals surface area contributed by atoms with Gasteiger partial charge in [0.2, 0.25) is 0 Å². The summed E-state index contributed by atoms with van der Waals surface area (Å²) in [6.07, 6.45) is 0. The number of anilines is 1. The fraction of sp³-hybridized carbons (Fsp3) is 0.222. The van der Waals surface area contributed by atoms with E-state index < -0.39 is 11.9 Å². The van der Waals surface area contributed by atoms with E-state index in [1.54, 1.807) is 12.1 Å². The minimum absolute atomic E-state index is 0.147. The molecule has 130 valence electrons. The quantitative estimate of drug-likeness (QED) is 0.729. The normalized spacial score (nSPS) is 10.8. The topological polar surface area (TPSA) is 103 Å². The van der Waals surface area contributed by atoms with Crippen LogP contribution in [0.5, 0.6) is 0 Å². The fourth-order valence-corrected chi connectivity index (χ4v) is 2.35. The van der Waals surface area contributed by atoms with Crippen LogP contribution in [0.1, 0.15) is 34.6 Å². The average Bonchev–Trinajstić information content (AvgIpc) is 2.61. The monoisotopic (exact) mass is 341 g/mol. The molecule has 0 unspecified atom stereocenters. The number of aromatic carboxylic acids is 2. The molecule has 0 aliphatic rings. The third-order valence-corrected chi connectivity index (χ3v) is 3.67. The molecule has 0 spiro atoms. The number of carbonyl (C=O) groups is 2. The molecule has 0 bridgehead atoms. The molecule has 2 rings (SSSR count). The summed E-state index contributed by atoms with van der Waals surface area (Å²) in [6.45, 7) is 5.95. The van der Waals surface area contributed by atoms with Crippen molar-refractivity contribution in [2.45, 2.75) is 13.8 Å². The van der Waals surface area contributed by atoms with Crippen LogP contribution in [-0.4, -0.2) is 35.2 Å². The highest BCUT2D eigenvalue weighted by Gasteiger charge is 2.11. The van der Waals surface area contributed by atoms with Crippen LogP contribution in [-0.2, 0) is 0 Å². The first-order chi connectivity index (χ1) is 11.9. The predicted molar refractivity (Wildman–Crippen MR) is 94.5 cm³/mol. The smallest absolute Gasteiger partial charge is 0.335 e. The van der Waals surface area contributed by atoms with Gasteiger partial charge in [0.15, 0.2) is 0 Å². The molecular formula is C18H19N3O4. The van der Waals surface area contributed by atoms with Gasteiger partial charge in [0.05, 0.1) is 22.5 Å². The van der Waals surface area contributed by atoms with Crippen LogP contribution in [0, 0.1) is 0 Å². The number of benzene rings is 2. The molecule has 7 nitrogen and oxygen atoms in total. The lowest BCUT2D eigenvalue weighted by molar-refractivity contribution is 0.0696. The molecule has 2 aromatic carbocycles. The Morgan fingerprint density at radius 1 is 0.840 bits per heavy atom. The van der Waals surface area contributed by atoms with Gasteiger partial charge in [-0.15, -0.1) is 0 Å². The lowest BCUT2D eigenvalue weighted by Crippen LogP contribution is -2.21. The lowest BCUT2D eigenvalue weighted by Gasteiger charge is -2.20. The number of carboxylic acid groups (broad SMARTS) is 2. The molecule has 7 heteroatoms. The van der Waals surface area contributed by atoms with E-state index in [4.69, 9.17) is 10.2 Å². The summed E-state index contributed by atoms with van der Waals surface area (Å²) >= 11 is 0. The predicted octanol–water partition coefficient (Wildman–Crippen LogP) is 4.34. The molecular weight excluding hydrogens is 322 g/mol. The third kappa shape index (κ3) is 4.63. The summed E-state index contributed by atoms with van der Waals surface area (Å²) in [4.78, 5) is 24.4. The van der Waals surface area contributed by atoms with E-state index in [1.165, 1.54) is 12.1 Å². The second-order valence-electron chi connectivity index (χ2n) is 5.27. The van der Waals surface area contributed by atoms with E-state index in [0.29, 0.717) is 5.69 Å². The average molecular weight is 341 g/mol. The Hall–Kier alpha value is -3.22. The van der Waals surface area contributed by atoms with Crippen molar-refractivity contribution in [3.63, 3.8) is 0 Å². The highest BCUT2D eigenvalue weighted by atomic mass is 16.4. The van der Waals surface area contributed by atoms with Crippen LogP contribution >= 0.6 is 0 Å². The van der Waals surface area contributed by atoms with Crippen molar-refractivity contribution in [2.75, 3.05) is 18.0 Å². The number of rotatable bonds is 7. The largest absolute Gasteiger partial charge is 0.478 e. The second kappa shape index (κ2) is 8.05. The Morgan fingerprint density at radius 2 is 1.32 bits per heavy atom. The third-order valence-electron chi connectivity index (χ3n) is 3.67. The first-order valence-corrected chi connectivity index (χ1v) is 7.83. The highest BCUT2D eigenvalue weighted by Crippen LogP contribution is 2.24. The van der Waals surface area contributed by atoms with Gasteiger partial charge in [-0.25, -0.2) is 9.59 Å². The van der Waals surface area contributed by atoms with Gasteiger partial charge in [-0.2, -0.15) is 10.2 Å². The maximum absolute atomic E-state index is 11.1. The highest BCUT2D eigenvalue weighted by molar-refractivity contribution is 5.95.